The van der Waals surface area contributed by atoms with Crippen molar-refractivity contribution in [3.05, 3.63) is 66.5 Å². The number of imidazole rings is 1. The smallest absolute Gasteiger partial charge is 0.165 e. The summed E-state index contributed by atoms with van der Waals surface area (Å²) in [6.45, 7) is 8.19. The van der Waals surface area contributed by atoms with E-state index in [2.05, 4.69) is 66.0 Å². The van der Waals surface area contributed by atoms with Gasteiger partial charge in [-0.2, -0.15) is 9.61 Å². The SMILES string of the molecule is Cc1nn2c(NCCCn3ccnc3)cc(C(C)C)nc2c1-c1ccccc1. The quantitative estimate of drug-likeness (QED) is 0.483. The van der Waals surface area contributed by atoms with E-state index in [9.17, 15) is 0 Å². The third-order valence-electron chi connectivity index (χ3n) is 4.90. The molecule has 0 bridgehead atoms. The standard InChI is InChI=1S/C22H26N6/c1-16(2)19-14-20(24-10-7-12-27-13-11-23-15-27)28-22(25-19)21(17(3)26-28)18-8-5-4-6-9-18/h4-6,8-9,11,13-16,24H,7,10,12H2,1-3H3. The molecular weight excluding hydrogens is 348 g/mol. The maximum absolute atomic E-state index is 4.95. The summed E-state index contributed by atoms with van der Waals surface area (Å²) in [4.78, 5) is 9.04. The molecule has 0 saturated heterocycles. The number of aryl methyl sites for hydroxylation is 2. The number of hydrogen-bond donors (Lipinski definition) is 1. The molecule has 1 aromatic carbocycles. The van der Waals surface area contributed by atoms with Crippen LogP contribution in [0.1, 0.15) is 37.6 Å². The Morgan fingerprint density at radius 1 is 1.14 bits per heavy atom. The number of fused-ring (bicyclic) bond motifs is 1. The minimum atomic E-state index is 0.343. The third kappa shape index (κ3) is 3.63. The van der Waals surface area contributed by atoms with Crippen molar-refractivity contribution in [1.82, 2.24) is 24.1 Å². The Balaban J connectivity index is 1.67. The van der Waals surface area contributed by atoms with E-state index in [1.807, 2.05) is 29.3 Å². The molecule has 0 aliphatic carbocycles. The van der Waals surface area contributed by atoms with Crippen molar-refractivity contribution >= 4 is 11.5 Å². The summed E-state index contributed by atoms with van der Waals surface area (Å²) < 4.78 is 4.04. The lowest BCUT2D eigenvalue weighted by molar-refractivity contribution is 0.658. The van der Waals surface area contributed by atoms with Crippen LogP contribution in [0.25, 0.3) is 16.8 Å². The number of aromatic nitrogens is 5. The highest BCUT2D eigenvalue weighted by Gasteiger charge is 2.17. The molecule has 0 aliphatic rings. The maximum Gasteiger partial charge on any atom is 0.165 e. The van der Waals surface area contributed by atoms with Gasteiger partial charge in [0.15, 0.2) is 5.65 Å². The molecule has 3 heterocycles. The summed E-state index contributed by atoms with van der Waals surface area (Å²) in [5, 5.41) is 8.36. The van der Waals surface area contributed by atoms with Crippen LogP contribution in [0.2, 0.25) is 0 Å². The van der Waals surface area contributed by atoms with Crippen molar-refractivity contribution < 1.29 is 0 Å². The minimum Gasteiger partial charge on any atom is -0.370 e. The summed E-state index contributed by atoms with van der Waals surface area (Å²) in [6, 6.07) is 12.5. The molecule has 0 atom stereocenters. The second-order valence-corrected chi connectivity index (χ2v) is 7.36. The van der Waals surface area contributed by atoms with Crippen LogP contribution in [0.4, 0.5) is 5.82 Å². The summed E-state index contributed by atoms with van der Waals surface area (Å²) >= 11 is 0. The zero-order valence-electron chi connectivity index (χ0n) is 16.6. The monoisotopic (exact) mass is 374 g/mol. The molecule has 0 radical (unpaired) electrons. The average molecular weight is 374 g/mol. The summed E-state index contributed by atoms with van der Waals surface area (Å²) in [7, 11) is 0. The van der Waals surface area contributed by atoms with E-state index in [0.29, 0.717) is 5.92 Å². The maximum atomic E-state index is 4.95. The van der Waals surface area contributed by atoms with Crippen LogP contribution in [-0.4, -0.2) is 30.7 Å². The predicted octanol–water partition coefficient (Wildman–Crippen LogP) is 4.53. The lowest BCUT2D eigenvalue weighted by Gasteiger charge is -2.13. The normalized spacial score (nSPS) is 11.4. The van der Waals surface area contributed by atoms with Gasteiger partial charge >= 0.3 is 0 Å². The molecule has 0 amide bonds. The predicted molar refractivity (Wildman–Crippen MR) is 113 cm³/mol. The second kappa shape index (κ2) is 7.84. The number of hydrogen-bond acceptors (Lipinski definition) is 4. The fourth-order valence-electron chi connectivity index (χ4n) is 3.40. The van der Waals surface area contributed by atoms with Gasteiger partial charge in [0.1, 0.15) is 5.82 Å². The van der Waals surface area contributed by atoms with Crippen LogP contribution in [0, 0.1) is 6.92 Å². The number of benzene rings is 1. The number of nitrogens with one attached hydrogen (secondary N) is 1. The zero-order chi connectivity index (χ0) is 19.5. The molecular formula is C22H26N6. The molecule has 0 unspecified atom stereocenters. The van der Waals surface area contributed by atoms with E-state index >= 15 is 0 Å². The molecule has 6 heteroatoms. The van der Waals surface area contributed by atoms with Gasteiger partial charge in [0.05, 0.1) is 12.0 Å². The fourth-order valence-corrected chi connectivity index (χ4v) is 3.40. The summed E-state index contributed by atoms with van der Waals surface area (Å²) in [5.74, 6) is 1.33. The molecule has 144 valence electrons. The van der Waals surface area contributed by atoms with Crippen molar-refractivity contribution in [2.75, 3.05) is 11.9 Å². The molecule has 6 nitrogen and oxygen atoms in total. The summed E-state index contributed by atoms with van der Waals surface area (Å²) in [6.07, 6.45) is 6.66. The molecule has 1 N–H and O–H groups in total. The summed E-state index contributed by atoms with van der Waals surface area (Å²) in [5.41, 5.74) is 5.22. The van der Waals surface area contributed by atoms with E-state index in [1.165, 1.54) is 0 Å². The molecule has 3 aromatic heterocycles. The molecule has 0 saturated carbocycles. The molecule has 0 spiro atoms. The fraction of sp³-hybridized carbons (Fsp3) is 0.318. The first-order valence-electron chi connectivity index (χ1n) is 9.79. The van der Waals surface area contributed by atoms with E-state index in [4.69, 9.17) is 10.1 Å². The van der Waals surface area contributed by atoms with Gasteiger partial charge < -0.3 is 9.88 Å². The van der Waals surface area contributed by atoms with Gasteiger partial charge in [-0.05, 0) is 24.8 Å². The van der Waals surface area contributed by atoms with Crippen LogP contribution in [-0.2, 0) is 6.54 Å². The van der Waals surface area contributed by atoms with Crippen molar-refractivity contribution in [2.24, 2.45) is 0 Å². The van der Waals surface area contributed by atoms with E-state index < -0.39 is 0 Å². The minimum absolute atomic E-state index is 0.343. The first-order valence-corrected chi connectivity index (χ1v) is 9.79. The van der Waals surface area contributed by atoms with Gasteiger partial charge in [-0.1, -0.05) is 44.2 Å². The van der Waals surface area contributed by atoms with E-state index in [0.717, 1.165) is 53.5 Å². The Kier molecular flexibility index (Phi) is 5.10. The van der Waals surface area contributed by atoms with Gasteiger partial charge in [-0.15, -0.1) is 0 Å². The second-order valence-electron chi connectivity index (χ2n) is 7.36. The lowest BCUT2D eigenvalue weighted by Crippen LogP contribution is -2.11. The van der Waals surface area contributed by atoms with Crippen molar-refractivity contribution in [3.63, 3.8) is 0 Å². The molecule has 4 aromatic rings. The van der Waals surface area contributed by atoms with Crippen LogP contribution >= 0.6 is 0 Å². The van der Waals surface area contributed by atoms with Gasteiger partial charge in [-0.3, -0.25) is 0 Å². The Bertz CT molecular complexity index is 1050. The Morgan fingerprint density at radius 2 is 1.96 bits per heavy atom. The number of nitrogens with zero attached hydrogens (tertiary/aromatic N) is 5. The Hall–Kier alpha value is -3.15. The Labute approximate surface area is 165 Å². The van der Waals surface area contributed by atoms with Crippen LogP contribution in [0.15, 0.2) is 55.1 Å². The Morgan fingerprint density at radius 3 is 2.68 bits per heavy atom. The highest BCUT2D eigenvalue weighted by molar-refractivity contribution is 5.80. The third-order valence-corrected chi connectivity index (χ3v) is 4.90. The lowest BCUT2D eigenvalue weighted by atomic mass is 10.1. The topological polar surface area (TPSA) is 60.0 Å². The zero-order valence-corrected chi connectivity index (χ0v) is 16.6. The van der Waals surface area contributed by atoms with Crippen molar-refractivity contribution in [1.29, 1.82) is 0 Å². The van der Waals surface area contributed by atoms with Crippen LogP contribution in [0.5, 0.6) is 0 Å². The van der Waals surface area contributed by atoms with Gasteiger partial charge in [0.2, 0.25) is 0 Å². The van der Waals surface area contributed by atoms with Crippen LogP contribution < -0.4 is 5.32 Å². The highest BCUT2D eigenvalue weighted by Crippen LogP contribution is 2.30. The van der Waals surface area contributed by atoms with Gasteiger partial charge in [-0.25, -0.2) is 9.97 Å². The largest absolute Gasteiger partial charge is 0.370 e. The highest BCUT2D eigenvalue weighted by atomic mass is 15.3. The number of anilines is 1. The molecule has 28 heavy (non-hydrogen) atoms. The molecule has 0 fully saturated rings. The van der Waals surface area contributed by atoms with E-state index in [1.54, 1.807) is 0 Å². The van der Waals surface area contributed by atoms with Crippen LogP contribution in [0.3, 0.4) is 0 Å². The van der Waals surface area contributed by atoms with Gasteiger partial charge in [0.25, 0.3) is 0 Å². The van der Waals surface area contributed by atoms with Gasteiger partial charge in [0, 0.05) is 42.8 Å². The molecule has 0 aliphatic heterocycles. The molecule has 4 rings (SSSR count). The average Bonchev–Trinajstić information content (AvgIpc) is 3.32. The first-order chi connectivity index (χ1) is 13.6. The van der Waals surface area contributed by atoms with E-state index in [-0.39, 0.29) is 0 Å². The number of rotatable bonds is 7. The van der Waals surface area contributed by atoms with Crippen molar-refractivity contribution in [2.45, 2.75) is 39.7 Å². The first kappa shape index (κ1) is 18.2. The van der Waals surface area contributed by atoms with Crippen molar-refractivity contribution in [3.8, 4) is 11.1 Å².